The molecule has 0 aliphatic carbocycles. The summed E-state index contributed by atoms with van der Waals surface area (Å²) in [6.45, 7) is -0.713. The Morgan fingerprint density at radius 3 is 2.25 bits per heavy atom. The van der Waals surface area contributed by atoms with Crippen LogP contribution < -0.4 is 16.2 Å². The normalized spacial score (nSPS) is 10.8. The molecule has 0 bridgehead atoms. The van der Waals surface area contributed by atoms with Crippen LogP contribution >= 0.6 is 11.6 Å². The van der Waals surface area contributed by atoms with Gasteiger partial charge in [-0.05, 0) is 30.3 Å². The van der Waals surface area contributed by atoms with Gasteiger partial charge >= 0.3 is 12.1 Å². The summed E-state index contributed by atoms with van der Waals surface area (Å²) in [5.74, 6) is -3.07. The Balaban J connectivity index is 1.72. The van der Waals surface area contributed by atoms with E-state index in [2.05, 4.69) is 20.9 Å². The van der Waals surface area contributed by atoms with E-state index in [1.807, 2.05) is 0 Å². The minimum atomic E-state index is -4.62. The fourth-order valence-corrected chi connectivity index (χ4v) is 2.43. The van der Waals surface area contributed by atoms with E-state index < -0.39 is 54.9 Å². The summed E-state index contributed by atoms with van der Waals surface area (Å²) in [7, 11) is 0. The maximum atomic E-state index is 12.8. The summed E-state index contributed by atoms with van der Waals surface area (Å²) in [6.07, 6.45) is -5.47. The van der Waals surface area contributed by atoms with Crippen LogP contribution in [0, 0.1) is 0 Å². The summed E-state index contributed by atoms with van der Waals surface area (Å²) in [5, 5.41) is 2.08. The number of amides is 3. The Morgan fingerprint density at radius 2 is 1.59 bits per heavy atom. The Morgan fingerprint density at radius 1 is 0.906 bits per heavy atom. The van der Waals surface area contributed by atoms with Crippen molar-refractivity contribution in [1.29, 1.82) is 0 Å². The number of carbonyl (C=O) groups excluding carboxylic acids is 4. The molecule has 0 atom stereocenters. The molecule has 2 aromatic carbocycles. The number of halogens is 4. The van der Waals surface area contributed by atoms with Gasteiger partial charge in [0.2, 0.25) is 5.91 Å². The molecule has 0 aliphatic rings. The molecule has 2 rings (SSSR count). The first-order valence-corrected chi connectivity index (χ1v) is 9.40. The first-order chi connectivity index (χ1) is 15.1. The quantitative estimate of drug-likeness (QED) is 0.424. The number of hydrazine groups is 1. The van der Waals surface area contributed by atoms with Gasteiger partial charge in [-0.15, -0.1) is 0 Å². The van der Waals surface area contributed by atoms with Crippen LogP contribution in [0.15, 0.2) is 48.5 Å². The molecule has 0 aromatic heterocycles. The van der Waals surface area contributed by atoms with Crippen molar-refractivity contribution in [1.82, 2.24) is 10.9 Å². The molecule has 0 spiro atoms. The molecule has 0 unspecified atom stereocenters. The SMILES string of the molecule is O=C(COC(=O)CCC(=O)Nc1cc(C(F)(F)F)ccc1Cl)NNC(=O)c1ccccc1. The zero-order chi connectivity index (χ0) is 23.7. The standard InChI is InChI=1S/C20H17ClF3N3O5/c21-14-7-6-13(20(22,23)24)10-15(14)25-16(28)8-9-18(30)32-11-17(29)26-27-19(31)12-4-2-1-3-5-12/h1-7,10H,8-9,11H2,(H,25,28)(H,26,29)(H,27,31). The highest BCUT2D eigenvalue weighted by Crippen LogP contribution is 2.33. The molecular formula is C20H17ClF3N3O5. The number of alkyl halides is 3. The lowest BCUT2D eigenvalue weighted by atomic mass is 10.2. The zero-order valence-corrected chi connectivity index (χ0v) is 17.0. The van der Waals surface area contributed by atoms with E-state index in [4.69, 9.17) is 11.6 Å². The number of anilines is 1. The predicted molar refractivity (Wildman–Crippen MR) is 107 cm³/mol. The summed E-state index contributed by atoms with van der Waals surface area (Å²) in [4.78, 5) is 47.0. The molecule has 32 heavy (non-hydrogen) atoms. The summed E-state index contributed by atoms with van der Waals surface area (Å²) < 4.78 is 42.9. The van der Waals surface area contributed by atoms with Crippen molar-refractivity contribution < 1.29 is 37.1 Å². The molecule has 0 saturated carbocycles. The number of ether oxygens (including phenoxy) is 1. The molecule has 0 saturated heterocycles. The molecule has 3 N–H and O–H groups in total. The van der Waals surface area contributed by atoms with Gasteiger partial charge in [-0.1, -0.05) is 29.8 Å². The molecule has 0 aliphatic heterocycles. The molecule has 0 heterocycles. The van der Waals surface area contributed by atoms with Gasteiger partial charge in [0.15, 0.2) is 6.61 Å². The third kappa shape index (κ3) is 7.91. The van der Waals surface area contributed by atoms with Crippen LogP contribution in [0.25, 0.3) is 0 Å². The van der Waals surface area contributed by atoms with Gasteiger partial charge in [0.05, 0.1) is 22.7 Å². The summed E-state index contributed by atoms with van der Waals surface area (Å²) in [6, 6.07) is 10.5. The zero-order valence-electron chi connectivity index (χ0n) is 16.3. The van der Waals surface area contributed by atoms with Gasteiger partial charge in [-0.2, -0.15) is 13.2 Å². The van der Waals surface area contributed by atoms with Crippen LogP contribution in [-0.4, -0.2) is 30.3 Å². The molecule has 0 fully saturated rings. The van der Waals surface area contributed by atoms with E-state index in [0.29, 0.717) is 11.6 Å². The van der Waals surface area contributed by atoms with E-state index in [0.717, 1.165) is 12.1 Å². The third-order valence-electron chi connectivity index (χ3n) is 3.84. The third-order valence-corrected chi connectivity index (χ3v) is 4.17. The Kier molecular flexibility index (Phi) is 8.59. The molecule has 8 nitrogen and oxygen atoms in total. The minimum absolute atomic E-state index is 0.108. The van der Waals surface area contributed by atoms with Gasteiger partial charge in [0.25, 0.3) is 11.8 Å². The largest absolute Gasteiger partial charge is 0.455 e. The Bertz CT molecular complexity index is 1000. The number of rotatable bonds is 7. The van der Waals surface area contributed by atoms with Gasteiger partial charge in [0, 0.05) is 12.0 Å². The first-order valence-electron chi connectivity index (χ1n) is 9.02. The topological polar surface area (TPSA) is 114 Å². The van der Waals surface area contributed by atoms with E-state index >= 15 is 0 Å². The Labute approximate surface area is 185 Å². The van der Waals surface area contributed by atoms with E-state index in [1.54, 1.807) is 18.2 Å². The number of hydrogen-bond donors (Lipinski definition) is 3. The van der Waals surface area contributed by atoms with Crippen molar-refractivity contribution in [3.8, 4) is 0 Å². The van der Waals surface area contributed by atoms with Gasteiger partial charge < -0.3 is 10.1 Å². The number of carbonyl (C=O) groups is 4. The monoisotopic (exact) mass is 471 g/mol. The molecule has 12 heteroatoms. The first kappa shape index (κ1) is 24.7. The van der Waals surface area contributed by atoms with Crippen molar-refractivity contribution >= 4 is 41.0 Å². The predicted octanol–water partition coefficient (Wildman–Crippen LogP) is 3.08. The number of benzene rings is 2. The highest BCUT2D eigenvalue weighted by molar-refractivity contribution is 6.33. The van der Waals surface area contributed by atoms with E-state index in [-0.39, 0.29) is 10.7 Å². The van der Waals surface area contributed by atoms with Crippen LogP contribution in [0.5, 0.6) is 0 Å². The maximum Gasteiger partial charge on any atom is 0.416 e. The second-order valence-electron chi connectivity index (χ2n) is 6.27. The number of nitrogens with one attached hydrogen (secondary N) is 3. The Hall–Kier alpha value is -3.60. The van der Waals surface area contributed by atoms with Crippen LogP contribution in [0.3, 0.4) is 0 Å². The van der Waals surface area contributed by atoms with Gasteiger partial charge in [-0.3, -0.25) is 30.0 Å². The van der Waals surface area contributed by atoms with Gasteiger partial charge in [0.1, 0.15) is 0 Å². The van der Waals surface area contributed by atoms with Crippen LogP contribution in [0.4, 0.5) is 18.9 Å². The molecule has 3 amide bonds. The molecule has 0 radical (unpaired) electrons. The maximum absolute atomic E-state index is 12.8. The second-order valence-corrected chi connectivity index (χ2v) is 6.68. The number of hydrogen-bond acceptors (Lipinski definition) is 5. The fraction of sp³-hybridized carbons (Fsp3) is 0.200. The van der Waals surface area contributed by atoms with Crippen LogP contribution in [0.2, 0.25) is 5.02 Å². The lowest BCUT2D eigenvalue weighted by molar-refractivity contribution is -0.149. The summed E-state index contributed by atoms with van der Waals surface area (Å²) >= 11 is 5.78. The highest BCUT2D eigenvalue weighted by atomic mass is 35.5. The molecule has 2 aromatic rings. The summed E-state index contributed by atoms with van der Waals surface area (Å²) in [5.41, 5.74) is 3.24. The van der Waals surface area contributed by atoms with Crippen molar-refractivity contribution in [2.75, 3.05) is 11.9 Å². The van der Waals surface area contributed by atoms with Crippen molar-refractivity contribution in [2.24, 2.45) is 0 Å². The van der Waals surface area contributed by atoms with Gasteiger partial charge in [-0.25, -0.2) is 0 Å². The fourth-order valence-electron chi connectivity index (χ4n) is 2.27. The van der Waals surface area contributed by atoms with Crippen molar-refractivity contribution in [3.63, 3.8) is 0 Å². The molecule has 170 valence electrons. The smallest absolute Gasteiger partial charge is 0.416 e. The van der Waals surface area contributed by atoms with Crippen molar-refractivity contribution in [2.45, 2.75) is 19.0 Å². The second kappa shape index (κ2) is 11.1. The molecular weight excluding hydrogens is 455 g/mol. The number of esters is 1. The average Bonchev–Trinajstić information content (AvgIpc) is 2.75. The van der Waals surface area contributed by atoms with E-state index in [9.17, 15) is 32.3 Å². The average molecular weight is 472 g/mol. The lowest BCUT2D eigenvalue weighted by Crippen LogP contribution is -2.43. The van der Waals surface area contributed by atoms with E-state index in [1.165, 1.54) is 12.1 Å². The lowest BCUT2D eigenvalue weighted by Gasteiger charge is -2.11. The van der Waals surface area contributed by atoms with Crippen LogP contribution in [0.1, 0.15) is 28.8 Å². The highest BCUT2D eigenvalue weighted by Gasteiger charge is 2.31. The van der Waals surface area contributed by atoms with Crippen LogP contribution in [-0.2, 0) is 25.3 Å². The van der Waals surface area contributed by atoms with Crippen molar-refractivity contribution in [3.05, 3.63) is 64.7 Å². The minimum Gasteiger partial charge on any atom is -0.455 e.